The third kappa shape index (κ3) is 4.28. The summed E-state index contributed by atoms with van der Waals surface area (Å²) in [5, 5.41) is 3.73. The molecule has 0 fully saturated rings. The van der Waals surface area contributed by atoms with E-state index in [4.69, 9.17) is 9.26 Å². The van der Waals surface area contributed by atoms with Crippen LogP contribution in [0.3, 0.4) is 0 Å². The quantitative estimate of drug-likeness (QED) is 0.663. The average molecular weight is 350 g/mol. The van der Waals surface area contributed by atoms with Crippen LogP contribution in [0.1, 0.15) is 18.9 Å². The maximum absolute atomic E-state index is 12.5. The third-order valence-corrected chi connectivity index (χ3v) is 3.20. The molecule has 1 atom stereocenters. The zero-order chi connectivity index (χ0) is 17.9. The minimum Gasteiger partial charge on any atom is -0.481 e. The Morgan fingerprint density at radius 2 is 1.68 bits per heavy atom. The van der Waals surface area contributed by atoms with Crippen LogP contribution in [-0.2, 0) is 0 Å². The SMILES string of the molecule is CC(Oc1ccccc1)c1nc(-c2ccccc2OC(F)(F)F)no1. The highest BCUT2D eigenvalue weighted by Crippen LogP contribution is 2.32. The lowest BCUT2D eigenvalue weighted by molar-refractivity contribution is -0.274. The number of alkyl halides is 3. The molecule has 1 aromatic heterocycles. The molecule has 1 heterocycles. The van der Waals surface area contributed by atoms with Crippen molar-refractivity contribution in [2.75, 3.05) is 0 Å². The summed E-state index contributed by atoms with van der Waals surface area (Å²) in [6.07, 6.45) is -5.38. The Kier molecular flexibility index (Phi) is 4.60. The summed E-state index contributed by atoms with van der Waals surface area (Å²) in [6, 6.07) is 14.6. The van der Waals surface area contributed by atoms with Crippen molar-refractivity contribution in [3.05, 3.63) is 60.5 Å². The number of halogens is 3. The molecule has 0 amide bonds. The fourth-order valence-corrected chi connectivity index (χ4v) is 2.13. The number of para-hydroxylation sites is 2. The first kappa shape index (κ1) is 16.8. The molecule has 0 saturated carbocycles. The van der Waals surface area contributed by atoms with Crippen molar-refractivity contribution in [2.45, 2.75) is 19.4 Å². The average Bonchev–Trinajstić information content (AvgIpc) is 3.05. The third-order valence-electron chi connectivity index (χ3n) is 3.20. The molecule has 1 unspecified atom stereocenters. The van der Waals surface area contributed by atoms with Crippen LogP contribution >= 0.6 is 0 Å². The van der Waals surface area contributed by atoms with Crippen molar-refractivity contribution in [2.24, 2.45) is 0 Å². The molecule has 0 aliphatic carbocycles. The standard InChI is InChI=1S/C17H13F3N2O3/c1-11(23-12-7-3-2-4-8-12)16-21-15(22-25-16)13-9-5-6-10-14(13)24-17(18,19)20/h2-11H,1H3. The van der Waals surface area contributed by atoms with Gasteiger partial charge in [0.05, 0.1) is 5.56 Å². The molecule has 0 spiro atoms. The number of rotatable bonds is 5. The van der Waals surface area contributed by atoms with E-state index in [2.05, 4.69) is 14.9 Å². The lowest BCUT2D eigenvalue weighted by Gasteiger charge is -2.11. The molecule has 0 aliphatic heterocycles. The molecule has 0 bridgehead atoms. The van der Waals surface area contributed by atoms with Gasteiger partial charge in [-0.3, -0.25) is 0 Å². The minimum absolute atomic E-state index is 0.0154. The van der Waals surface area contributed by atoms with Gasteiger partial charge in [-0.1, -0.05) is 35.5 Å². The van der Waals surface area contributed by atoms with E-state index >= 15 is 0 Å². The fourth-order valence-electron chi connectivity index (χ4n) is 2.13. The number of benzene rings is 2. The highest BCUT2D eigenvalue weighted by atomic mass is 19.4. The number of hydrogen-bond donors (Lipinski definition) is 0. The zero-order valence-corrected chi connectivity index (χ0v) is 13.0. The summed E-state index contributed by atoms with van der Waals surface area (Å²) in [5.41, 5.74) is 0.0711. The van der Waals surface area contributed by atoms with Crippen LogP contribution in [0.2, 0.25) is 0 Å². The molecule has 8 heteroatoms. The Morgan fingerprint density at radius 3 is 2.40 bits per heavy atom. The van der Waals surface area contributed by atoms with E-state index in [0.29, 0.717) is 5.75 Å². The molecular formula is C17H13F3N2O3. The predicted octanol–water partition coefficient (Wildman–Crippen LogP) is 4.78. The molecule has 0 radical (unpaired) electrons. The summed E-state index contributed by atoms with van der Waals surface area (Å²) in [5.74, 6) is 0.327. The van der Waals surface area contributed by atoms with Crippen LogP contribution in [0.15, 0.2) is 59.1 Å². The van der Waals surface area contributed by atoms with Crippen LogP contribution in [0, 0.1) is 0 Å². The molecule has 0 aliphatic rings. The topological polar surface area (TPSA) is 57.4 Å². The number of aromatic nitrogens is 2. The highest BCUT2D eigenvalue weighted by Gasteiger charge is 2.32. The van der Waals surface area contributed by atoms with Gasteiger partial charge in [-0.05, 0) is 31.2 Å². The second-order valence-electron chi connectivity index (χ2n) is 5.07. The van der Waals surface area contributed by atoms with Crippen LogP contribution in [0.5, 0.6) is 11.5 Å². The number of ether oxygens (including phenoxy) is 2. The summed E-state index contributed by atoms with van der Waals surface area (Å²) < 4.78 is 52.3. The predicted molar refractivity (Wildman–Crippen MR) is 81.9 cm³/mol. The van der Waals surface area contributed by atoms with E-state index < -0.39 is 18.2 Å². The van der Waals surface area contributed by atoms with Crippen LogP contribution in [-0.4, -0.2) is 16.5 Å². The first-order valence-electron chi connectivity index (χ1n) is 7.33. The van der Waals surface area contributed by atoms with Gasteiger partial charge in [0.1, 0.15) is 11.5 Å². The summed E-state index contributed by atoms with van der Waals surface area (Å²) >= 11 is 0. The molecule has 3 rings (SSSR count). The van der Waals surface area contributed by atoms with E-state index in [9.17, 15) is 13.2 Å². The van der Waals surface area contributed by atoms with Crippen molar-refractivity contribution in [1.82, 2.24) is 10.1 Å². The second kappa shape index (κ2) is 6.84. The Balaban J connectivity index is 1.82. The van der Waals surface area contributed by atoms with E-state index in [1.54, 1.807) is 25.1 Å². The number of nitrogens with zero attached hydrogens (tertiary/aromatic N) is 2. The Hall–Kier alpha value is -3.03. The minimum atomic E-state index is -4.81. The first-order chi connectivity index (χ1) is 11.9. The van der Waals surface area contributed by atoms with E-state index in [0.717, 1.165) is 0 Å². The first-order valence-corrected chi connectivity index (χ1v) is 7.33. The lowest BCUT2D eigenvalue weighted by Crippen LogP contribution is -2.17. The number of hydrogen-bond acceptors (Lipinski definition) is 5. The van der Waals surface area contributed by atoms with Crippen molar-refractivity contribution >= 4 is 0 Å². The molecular weight excluding hydrogens is 337 g/mol. The Bertz CT molecular complexity index is 834. The lowest BCUT2D eigenvalue weighted by atomic mass is 10.2. The van der Waals surface area contributed by atoms with E-state index in [1.807, 2.05) is 18.2 Å². The van der Waals surface area contributed by atoms with Gasteiger partial charge < -0.3 is 14.0 Å². The molecule has 5 nitrogen and oxygen atoms in total. The smallest absolute Gasteiger partial charge is 0.481 e. The molecule has 130 valence electrons. The van der Waals surface area contributed by atoms with Gasteiger partial charge in [0.2, 0.25) is 5.82 Å². The van der Waals surface area contributed by atoms with Gasteiger partial charge in [0, 0.05) is 0 Å². The maximum atomic E-state index is 12.5. The maximum Gasteiger partial charge on any atom is 0.573 e. The molecule has 2 aromatic carbocycles. The highest BCUT2D eigenvalue weighted by molar-refractivity contribution is 5.63. The largest absolute Gasteiger partial charge is 0.573 e. The van der Waals surface area contributed by atoms with Crippen LogP contribution in [0.4, 0.5) is 13.2 Å². The van der Waals surface area contributed by atoms with Gasteiger partial charge >= 0.3 is 6.36 Å². The molecule has 0 saturated heterocycles. The summed E-state index contributed by atoms with van der Waals surface area (Å²) in [6.45, 7) is 1.70. The van der Waals surface area contributed by atoms with Crippen molar-refractivity contribution in [1.29, 1.82) is 0 Å². The Labute approximate surface area is 141 Å². The van der Waals surface area contributed by atoms with Gasteiger partial charge in [-0.25, -0.2) is 0 Å². The molecule has 3 aromatic rings. The van der Waals surface area contributed by atoms with E-state index in [-0.39, 0.29) is 17.3 Å². The van der Waals surface area contributed by atoms with Crippen LogP contribution < -0.4 is 9.47 Å². The molecule has 0 N–H and O–H groups in total. The normalized spacial score (nSPS) is 12.6. The van der Waals surface area contributed by atoms with Crippen molar-refractivity contribution in [3.63, 3.8) is 0 Å². The van der Waals surface area contributed by atoms with Crippen LogP contribution in [0.25, 0.3) is 11.4 Å². The van der Waals surface area contributed by atoms with Gasteiger partial charge in [0.25, 0.3) is 5.89 Å². The van der Waals surface area contributed by atoms with Gasteiger partial charge in [0.15, 0.2) is 6.10 Å². The van der Waals surface area contributed by atoms with Gasteiger partial charge in [-0.2, -0.15) is 4.98 Å². The fraction of sp³-hybridized carbons (Fsp3) is 0.176. The zero-order valence-electron chi connectivity index (χ0n) is 13.0. The second-order valence-corrected chi connectivity index (χ2v) is 5.07. The monoisotopic (exact) mass is 350 g/mol. The molecule has 25 heavy (non-hydrogen) atoms. The van der Waals surface area contributed by atoms with E-state index in [1.165, 1.54) is 18.2 Å². The Morgan fingerprint density at radius 1 is 1.00 bits per heavy atom. The van der Waals surface area contributed by atoms with Crippen molar-refractivity contribution in [3.8, 4) is 22.9 Å². The van der Waals surface area contributed by atoms with Gasteiger partial charge in [-0.15, -0.1) is 13.2 Å². The summed E-state index contributed by atoms with van der Waals surface area (Å²) in [7, 11) is 0. The van der Waals surface area contributed by atoms with Crippen molar-refractivity contribution < 1.29 is 27.2 Å². The summed E-state index contributed by atoms with van der Waals surface area (Å²) in [4.78, 5) is 4.12.